The minimum atomic E-state index is 0.00973. The fraction of sp³-hybridized carbons (Fsp3) is 0.500. The van der Waals surface area contributed by atoms with E-state index in [1.54, 1.807) is 6.92 Å². The summed E-state index contributed by atoms with van der Waals surface area (Å²) in [6.07, 6.45) is 2.40. The van der Waals surface area contributed by atoms with Crippen molar-refractivity contribution in [3.05, 3.63) is 29.8 Å². The summed E-state index contributed by atoms with van der Waals surface area (Å²) in [5.74, 6) is 0.185. The number of aryl methyl sites for hydroxylation is 1. The SMILES string of the molecule is CCc1ccccc1NC(=O)C1CCN(C(C)=O)CC1. The van der Waals surface area contributed by atoms with E-state index < -0.39 is 0 Å². The summed E-state index contributed by atoms with van der Waals surface area (Å²) in [6.45, 7) is 5.03. The summed E-state index contributed by atoms with van der Waals surface area (Å²) in [4.78, 5) is 25.4. The van der Waals surface area contributed by atoms with Crippen molar-refractivity contribution in [1.82, 2.24) is 4.90 Å². The normalized spacial score (nSPS) is 16.0. The number of nitrogens with zero attached hydrogens (tertiary/aromatic N) is 1. The Balaban J connectivity index is 1.94. The van der Waals surface area contributed by atoms with Gasteiger partial charge in [0.1, 0.15) is 0 Å². The molecule has 1 heterocycles. The number of amides is 2. The minimum absolute atomic E-state index is 0.00973. The predicted octanol–water partition coefficient (Wildman–Crippen LogP) is 2.45. The highest BCUT2D eigenvalue weighted by molar-refractivity contribution is 5.93. The Hall–Kier alpha value is -1.84. The van der Waals surface area contributed by atoms with Crippen LogP contribution in [0.3, 0.4) is 0 Å². The maximum Gasteiger partial charge on any atom is 0.227 e. The summed E-state index contributed by atoms with van der Waals surface area (Å²) < 4.78 is 0. The van der Waals surface area contributed by atoms with Crippen molar-refractivity contribution >= 4 is 17.5 Å². The molecular formula is C16H22N2O2. The van der Waals surface area contributed by atoms with Crippen molar-refractivity contribution < 1.29 is 9.59 Å². The number of benzene rings is 1. The first kappa shape index (κ1) is 14.6. The van der Waals surface area contributed by atoms with Crippen molar-refractivity contribution in [2.75, 3.05) is 18.4 Å². The largest absolute Gasteiger partial charge is 0.343 e. The molecule has 0 atom stereocenters. The van der Waals surface area contributed by atoms with Crippen molar-refractivity contribution in [2.45, 2.75) is 33.1 Å². The maximum absolute atomic E-state index is 12.3. The molecule has 4 heteroatoms. The first-order chi connectivity index (χ1) is 9.61. The van der Waals surface area contributed by atoms with Crippen LogP contribution in [0.4, 0.5) is 5.69 Å². The lowest BCUT2D eigenvalue weighted by molar-refractivity contribution is -0.132. The van der Waals surface area contributed by atoms with Crippen LogP contribution in [0, 0.1) is 5.92 Å². The summed E-state index contributed by atoms with van der Waals surface area (Å²) in [6, 6.07) is 7.91. The van der Waals surface area contributed by atoms with Crippen LogP contribution < -0.4 is 5.32 Å². The van der Waals surface area contributed by atoms with Gasteiger partial charge in [0.15, 0.2) is 0 Å². The molecule has 1 aliphatic rings. The lowest BCUT2D eigenvalue weighted by atomic mass is 9.95. The van der Waals surface area contributed by atoms with Gasteiger partial charge in [-0.25, -0.2) is 0 Å². The molecule has 1 aromatic carbocycles. The smallest absolute Gasteiger partial charge is 0.227 e. The lowest BCUT2D eigenvalue weighted by Gasteiger charge is -2.30. The molecule has 1 saturated heterocycles. The van der Waals surface area contributed by atoms with E-state index in [1.165, 1.54) is 0 Å². The molecule has 0 aromatic heterocycles. The van der Waals surface area contributed by atoms with E-state index in [9.17, 15) is 9.59 Å². The van der Waals surface area contributed by atoms with Crippen molar-refractivity contribution in [3.63, 3.8) is 0 Å². The number of carbonyl (C=O) groups is 2. The van der Waals surface area contributed by atoms with Crippen molar-refractivity contribution in [2.24, 2.45) is 5.92 Å². The second-order valence-corrected chi connectivity index (χ2v) is 5.28. The third-order valence-corrected chi connectivity index (χ3v) is 3.97. The monoisotopic (exact) mass is 274 g/mol. The summed E-state index contributed by atoms with van der Waals surface area (Å²) in [7, 11) is 0. The van der Waals surface area contributed by atoms with Gasteiger partial charge < -0.3 is 10.2 Å². The highest BCUT2D eigenvalue weighted by Crippen LogP contribution is 2.21. The van der Waals surface area contributed by atoms with Gasteiger partial charge in [0.05, 0.1) is 0 Å². The fourth-order valence-electron chi connectivity index (χ4n) is 2.64. The number of para-hydroxylation sites is 1. The Bertz CT molecular complexity index is 491. The van der Waals surface area contributed by atoms with Crippen molar-refractivity contribution in [1.29, 1.82) is 0 Å². The Kier molecular flexibility index (Phi) is 4.77. The molecule has 2 amide bonds. The number of hydrogen-bond acceptors (Lipinski definition) is 2. The number of anilines is 1. The molecule has 0 saturated carbocycles. The molecule has 0 unspecified atom stereocenters. The van der Waals surface area contributed by atoms with E-state index in [1.807, 2.05) is 29.2 Å². The first-order valence-corrected chi connectivity index (χ1v) is 7.26. The van der Waals surface area contributed by atoms with E-state index in [-0.39, 0.29) is 17.7 Å². The Morgan fingerprint density at radius 3 is 2.50 bits per heavy atom. The molecule has 0 aliphatic carbocycles. The molecule has 1 aromatic rings. The highest BCUT2D eigenvalue weighted by Gasteiger charge is 2.26. The standard InChI is InChI=1S/C16H22N2O2/c1-3-13-6-4-5-7-15(13)17-16(20)14-8-10-18(11-9-14)12(2)19/h4-7,14H,3,8-11H2,1-2H3,(H,17,20). The van der Waals surface area contributed by atoms with Gasteiger partial charge >= 0.3 is 0 Å². The van der Waals surface area contributed by atoms with Crippen molar-refractivity contribution in [3.8, 4) is 0 Å². The van der Waals surface area contributed by atoms with Crippen LogP contribution >= 0.6 is 0 Å². The number of carbonyl (C=O) groups excluding carboxylic acids is 2. The molecular weight excluding hydrogens is 252 g/mol. The molecule has 4 nitrogen and oxygen atoms in total. The van der Waals surface area contributed by atoms with Crippen LogP contribution in [0.5, 0.6) is 0 Å². The zero-order valence-electron chi connectivity index (χ0n) is 12.2. The molecule has 1 fully saturated rings. The number of likely N-dealkylation sites (tertiary alicyclic amines) is 1. The van der Waals surface area contributed by atoms with Gasteiger partial charge in [0.25, 0.3) is 0 Å². The van der Waals surface area contributed by atoms with E-state index in [2.05, 4.69) is 12.2 Å². The number of nitrogens with one attached hydrogen (secondary N) is 1. The van der Waals surface area contributed by atoms with E-state index in [4.69, 9.17) is 0 Å². The average molecular weight is 274 g/mol. The molecule has 1 aliphatic heterocycles. The van der Waals surface area contributed by atoms with Gasteiger partial charge in [-0.2, -0.15) is 0 Å². The van der Waals surface area contributed by atoms with E-state index in [0.29, 0.717) is 13.1 Å². The number of piperidine rings is 1. The van der Waals surface area contributed by atoms with Gasteiger partial charge in [-0.05, 0) is 30.9 Å². The van der Waals surface area contributed by atoms with Crippen LogP contribution in [-0.4, -0.2) is 29.8 Å². The zero-order valence-corrected chi connectivity index (χ0v) is 12.2. The van der Waals surface area contributed by atoms with Crippen LogP contribution in [0.15, 0.2) is 24.3 Å². The van der Waals surface area contributed by atoms with Gasteiger partial charge in [-0.3, -0.25) is 9.59 Å². The second kappa shape index (κ2) is 6.55. The quantitative estimate of drug-likeness (QED) is 0.920. The zero-order chi connectivity index (χ0) is 14.5. The molecule has 0 bridgehead atoms. The molecule has 2 rings (SSSR count). The van der Waals surface area contributed by atoms with Gasteiger partial charge in [0.2, 0.25) is 11.8 Å². The van der Waals surface area contributed by atoms with E-state index >= 15 is 0 Å². The summed E-state index contributed by atoms with van der Waals surface area (Å²) in [5, 5.41) is 3.03. The summed E-state index contributed by atoms with van der Waals surface area (Å²) in [5.41, 5.74) is 2.07. The second-order valence-electron chi connectivity index (χ2n) is 5.28. The molecule has 20 heavy (non-hydrogen) atoms. The number of rotatable bonds is 3. The Morgan fingerprint density at radius 1 is 1.25 bits per heavy atom. The molecule has 0 spiro atoms. The summed E-state index contributed by atoms with van der Waals surface area (Å²) >= 11 is 0. The third-order valence-electron chi connectivity index (χ3n) is 3.97. The van der Waals surface area contributed by atoms with Crippen LogP contribution in [0.1, 0.15) is 32.3 Å². The maximum atomic E-state index is 12.3. The minimum Gasteiger partial charge on any atom is -0.343 e. The topological polar surface area (TPSA) is 49.4 Å². The average Bonchev–Trinajstić information content (AvgIpc) is 2.48. The third kappa shape index (κ3) is 3.38. The van der Waals surface area contributed by atoms with Gasteiger partial charge in [-0.1, -0.05) is 25.1 Å². The molecule has 0 radical (unpaired) electrons. The van der Waals surface area contributed by atoms with Gasteiger partial charge in [-0.15, -0.1) is 0 Å². The van der Waals surface area contributed by atoms with Crippen LogP contribution in [0.2, 0.25) is 0 Å². The predicted molar refractivity (Wildman–Crippen MR) is 79.4 cm³/mol. The Morgan fingerprint density at radius 2 is 1.90 bits per heavy atom. The number of hydrogen-bond donors (Lipinski definition) is 1. The lowest BCUT2D eigenvalue weighted by Crippen LogP contribution is -2.40. The molecule has 1 N–H and O–H groups in total. The van der Waals surface area contributed by atoms with Crippen LogP contribution in [0.25, 0.3) is 0 Å². The highest BCUT2D eigenvalue weighted by atomic mass is 16.2. The van der Waals surface area contributed by atoms with Crippen LogP contribution in [-0.2, 0) is 16.0 Å². The van der Waals surface area contributed by atoms with E-state index in [0.717, 1.165) is 30.5 Å². The Labute approximate surface area is 120 Å². The first-order valence-electron chi connectivity index (χ1n) is 7.26. The van der Waals surface area contributed by atoms with Gasteiger partial charge in [0, 0.05) is 31.6 Å². The fourth-order valence-corrected chi connectivity index (χ4v) is 2.64. The molecule has 108 valence electrons.